The molecule has 0 bridgehead atoms. The molecule has 31 heavy (non-hydrogen) atoms. The minimum Gasteiger partial charge on any atom is -0.457 e. The van der Waals surface area contributed by atoms with Crippen molar-refractivity contribution in [3.05, 3.63) is 84.3 Å². The number of fused-ring (bicyclic) bond motifs is 1. The Morgan fingerprint density at radius 2 is 1.74 bits per heavy atom. The third-order valence-electron chi connectivity index (χ3n) is 4.27. The van der Waals surface area contributed by atoms with Gasteiger partial charge < -0.3 is 15.4 Å². The Kier molecular flexibility index (Phi) is 7.48. The van der Waals surface area contributed by atoms with Gasteiger partial charge >= 0.3 is 0 Å². The number of amides is 1. The second kappa shape index (κ2) is 10.7. The molecule has 7 heteroatoms. The van der Waals surface area contributed by atoms with Gasteiger partial charge in [0.15, 0.2) is 0 Å². The van der Waals surface area contributed by atoms with Crippen LogP contribution in [0.25, 0.3) is 10.9 Å². The van der Waals surface area contributed by atoms with Crippen LogP contribution in [0, 0.1) is 0 Å². The number of pyridine rings is 1. The molecule has 0 aliphatic rings. The van der Waals surface area contributed by atoms with Gasteiger partial charge in [-0.05, 0) is 29.8 Å². The van der Waals surface area contributed by atoms with Crippen molar-refractivity contribution in [2.24, 2.45) is 0 Å². The minimum atomic E-state index is -0.266. The summed E-state index contributed by atoms with van der Waals surface area (Å²) in [6.07, 6.45) is 3.29. The van der Waals surface area contributed by atoms with Crippen molar-refractivity contribution >= 4 is 22.8 Å². The Balaban J connectivity index is 0.00000132. The van der Waals surface area contributed by atoms with Crippen molar-refractivity contribution in [3.8, 4) is 11.5 Å². The summed E-state index contributed by atoms with van der Waals surface area (Å²) >= 11 is 0. The Morgan fingerprint density at radius 3 is 2.52 bits per heavy atom. The third kappa shape index (κ3) is 5.76. The van der Waals surface area contributed by atoms with E-state index in [2.05, 4.69) is 25.6 Å². The average molecular weight is 415 g/mol. The highest BCUT2D eigenvalue weighted by atomic mass is 16.5. The first kappa shape index (κ1) is 21.7. The zero-order valence-corrected chi connectivity index (χ0v) is 17.8. The Bertz CT molecular complexity index is 1150. The Morgan fingerprint density at radius 1 is 0.968 bits per heavy atom. The lowest BCUT2D eigenvalue weighted by molar-refractivity contribution is 0.0958. The van der Waals surface area contributed by atoms with Gasteiger partial charge in [-0.2, -0.15) is 0 Å². The number of hydrogen-bond acceptors (Lipinski definition) is 6. The van der Waals surface area contributed by atoms with E-state index < -0.39 is 0 Å². The molecule has 2 aromatic carbocycles. The quantitative estimate of drug-likeness (QED) is 0.470. The molecule has 0 saturated heterocycles. The van der Waals surface area contributed by atoms with Gasteiger partial charge in [-0.25, -0.2) is 9.97 Å². The number of benzene rings is 2. The summed E-state index contributed by atoms with van der Waals surface area (Å²) in [4.78, 5) is 24.7. The molecule has 0 saturated carbocycles. The lowest BCUT2D eigenvalue weighted by atomic mass is 10.2. The van der Waals surface area contributed by atoms with E-state index in [9.17, 15) is 4.79 Å². The average Bonchev–Trinajstić information content (AvgIpc) is 2.84. The van der Waals surface area contributed by atoms with Crippen LogP contribution in [0.2, 0.25) is 0 Å². The van der Waals surface area contributed by atoms with Crippen molar-refractivity contribution in [1.82, 2.24) is 20.3 Å². The third-order valence-corrected chi connectivity index (χ3v) is 4.27. The number of nitrogens with zero attached hydrogens (tertiary/aromatic N) is 3. The molecule has 0 fully saturated rings. The van der Waals surface area contributed by atoms with Crippen LogP contribution in [0.5, 0.6) is 11.5 Å². The first-order valence-corrected chi connectivity index (χ1v) is 10.1. The molecular weight excluding hydrogens is 390 g/mol. The van der Waals surface area contributed by atoms with Crippen molar-refractivity contribution in [2.45, 2.75) is 20.4 Å². The summed E-state index contributed by atoms with van der Waals surface area (Å²) in [5, 5.41) is 6.63. The van der Waals surface area contributed by atoms with Crippen LogP contribution in [0.3, 0.4) is 0 Å². The number of rotatable bonds is 6. The smallest absolute Gasteiger partial charge is 0.269 e. The van der Waals surface area contributed by atoms with Gasteiger partial charge in [0.25, 0.3) is 5.91 Å². The SMILES string of the molecule is CC.CNC(=O)c1cc(Oc2ccc3nc(NCc4ccccc4)ncc3c2)ccn1. The number of hydrogen-bond donors (Lipinski definition) is 2. The maximum absolute atomic E-state index is 11.7. The molecule has 0 radical (unpaired) electrons. The second-order valence-electron chi connectivity index (χ2n) is 6.31. The number of anilines is 1. The fourth-order valence-corrected chi connectivity index (χ4v) is 2.80. The zero-order chi connectivity index (χ0) is 22.1. The van der Waals surface area contributed by atoms with Gasteiger partial charge in [-0.15, -0.1) is 0 Å². The van der Waals surface area contributed by atoms with E-state index >= 15 is 0 Å². The molecule has 7 nitrogen and oxygen atoms in total. The molecule has 0 aliphatic heterocycles. The van der Waals surface area contributed by atoms with Crippen LogP contribution < -0.4 is 15.4 Å². The summed E-state index contributed by atoms with van der Waals surface area (Å²) in [5.41, 5.74) is 2.26. The van der Waals surface area contributed by atoms with Crippen molar-refractivity contribution in [2.75, 3.05) is 12.4 Å². The fourth-order valence-electron chi connectivity index (χ4n) is 2.80. The molecule has 0 unspecified atom stereocenters. The first-order valence-electron chi connectivity index (χ1n) is 10.1. The zero-order valence-electron chi connectivity index (χ0n) is 17.8. The molecule has 4 aromatic rings. The Labute approximate surface area is 181 Å². The normalized spacial score (nSPS) is 10.0. The first-order chi connectivity index (χ1) is 15.2. The van der Waals surface area contributed by atoms with Crippen LogP contribution in [0.1, 0.15) is 29.9 Å². The van der Waals surface area contributed by atoms with E-state index in [0.717, 1.165) is 16.5 Å². The predicted octanol–water partition coefficient (Wildman–Crippen LogP) is 4.82. The number of nitrogens with one attached hydrogen (secondary N) is 2. The van der Waals surface area contributed by atoms with E-state index in [0.29, 0.717) is 29.7 Å². The molecule has 2 aromatic heterocycles. The van der Waals surface area contributed by atoms with Crippen LogP contribution in [0.4, 0.5) is 5.95 Å². The lowest BCUT2D eigenvalue weighted by Crippen LogP contribution is -2.18. The molecule has 0 spiro atoms. The van der Waals surface area contributed by atoms with Gasteiger partial charge in [0.05, 0.1) is 5.52 Å². The van der Waals surface area contributed by atoms with Gasteiger partial charge in [0, 0.05) is 37.4 Å². The molecular formula is C24H25N5O2. The highest BCUT2D eigenvalue weighted by Crippen LogP contribution is 2.25. The van der Waals surface area contributed by atoms with E-state index in [1.807, 2.05) is 62.4 Å². The minimum absolute atomic E-state index is 0.266. The Hall–Kier alpha value is -4.00. The number of carbonyl (C=O) groups is 1. The molecule has 2 heterocycles. The topological polar surface area (TPSA) is 89.0 Å². The predicted molar refractivity (Wildman–Crippen MR) is 122 cm³/mol. The van der Waals surface area contributed by atoms with Crippen LogP contribution in [-0.2, 0) is 6.54 Å². The summed E-state index contributed by atoms with van der Waals surface area (Å²) in [6, 6.07) is 18.9. The molecule has 0 aliphatic carbocycles. The molecule has 1 amide bonds. The van der Waals surface area contributed by atoms with Crippen molar-refractivity contribution < 1.29 is 9.53 Å². The largest absolute Gasteiger partial charge is 0.457 e. The maximum atomic E-state index is 11.7. The van der Waals surface area contributed by atoms with Gasteiger partial charge in [0.2, 0.25) is 5.95 Å². The van der Waals surface area contributed by atoms with Crippen molar-refractivity contribution in [1.29, 1.82) is 0 Å². The van der Waals surface area contributed by atoms with E-state index in [-0.39, 0.29) is 5.91 Å². The lowest BCUT2D eigenvalue weighted by Gasteiger charge is -2.09. The standard InChI is InChI=1S/C22H19N5O2.C2H6/c1-23-21(28)20-12-18(9-10-24-20)29-17-7-8-19-16(11-17)14-26-22(27-19)25-13-15-5-3-2-4-6-15;1-2/h2-12,14H,13H2,1H3,(H,23,28)(H,25,26,27);1-2H3. The number of carbonyl (C=O) groups excluding carboxylic acids is 1. The van der Waals surface area contributed by atoms with Crippen LogP contribution in [0.15, 0.2) is 73.1 Å². The monoisotopic (exact) mass is 415 g/mol. The number of ether oxygens (including phenoxy) is 1. The summed E-state index contributed by atoms with van der Waals surface area (Å²) < 4.78 is 5.87. The fraction of sp³-hybridized carbons (Fsp3) is 0.167. The van der Waals surface area contributed by atoms with E-state index in [1.54, 1.807) is 25.4 Å². The maximum Gasteiger partial charge on any atom is 0.269 e. The van der Waals surface area contributed by atoms with E-state index in [1.165, 1.54) is 6.20 Å². The van der Waals surface area contributed by atoms with Crippen LogP contribution in [-0.4, -0.2) is 27.9 Å². The highest BCUT2D eigenvalue weighted by molar-refractivity contribution is 5.92. The van der Waals surface area contributed by atoms with Gasteiger partial charge in [0.1, 0.15) is 17.2 Å². The van der Waals surface area contributed by atoms with Crippen molar-refractivity contribution in [3.63, 3.8) is 0 Å². The molecule has 158 valence electrons. The van der Waals surface area contributed by atoms with Crippen LogP contribution >= 0.6 is 0 Å². The summed E-state index contributed by atoms with van der Waals surface area (Å²) in [6.45, 7) is 4.66. The molecule has 2 N–H and O–H groups in total. The highest BCUT2D eigenvalue weighted by Gasteiger charge is 2.08. The number of aromatic nitrogens is 3. The summed E-state index contributed by atoms with van der Waals surface area (Å²) in [5.74, 6) is 1.46. The van der Waals surface area contributed by atoms with Gasteiger partial charge in [-0.1, -0.05) is 44.2 Å². The second-order valence-corrected chi connectivity index (χ2v) is 6.31. The van der Waals surface area contributed by atoms with Gasteiger partial charge in [-0.3, -0.25) is 9.78 Å². The molecule has 0 atom stereocenters. The summed E-state index contributed by atoms with van der Waals surface area (Å²) in [7, 11) is 1.56. The van der Waals surface area contributed by atoms with E-state index in [4.69, 9.17) is 4.74 Å². The molecule has 4 rings (SSSR count).